The van der Waals surface area contributed by atoms with E-state index in [9.17, 15) is 0 Å². The molecule has 0 amide bonds. The Labute approximate surface area is 127 Å². The van der Waals surface area contributed by atoms with Gasteiger partial charge in [-0.05, 0) is 44.7 Å². The molecule has 1 aromatic rings. The first-order valence-electron chi connectivity index (χ1n) is 8.91. The fourth-order valence-electron chi connectivity index (χ4n) is 4.58. The van der Waals surface area contributed by atoms with Gasteiger partial charge in [-0.3, -0.25) is 9.58 Å². The minimum atomic E-state index is 0.657. The van der Waals surface area contributed by atoms with Crippen LogP contribution in [0.1, 0.15) is 63.1 Å². The molecule has 4 rings (SSSR count). The summed E-state index contributed by atoms with van der Waals surface area (Å²) in [5.41, 5.74) is 1.22. The lowest BCUT2D eigenvalue weighted by atomic mass is 9.96. The molecule has 1 aromatic heterocycles. The van der Waals surface area contributed by atoms with Crippen LogP contribution in [0, 0.1) is 0 Å². The number of nitrogens with zero attached hydrogens (tertiary/aromatic N) is 3. The molecule has 2 unspecified atom stereocenters. The van der Waals surface area contributed by atoms with Crippen LogP contribution in [0.3, 0.4) is 0 Å². The third-order valence-electron chi connectivity index (χ3n) is 5.76. The van der Waals surface area contributed by atoms with Crippen LogP contribution in [0.25, 0.3) is 0 Å². The molecule has 2 atom stereocenters. The topological polar surface area (TPSA) is 33.1 Å². The van der Waals surface area contributed by atoms with Gasteiger partial charge in [-0.25, -0.2) is 0 Å². The van der Waals surface area contributed by atoms with E-state index >= 15 is 0 Å². The van der Waals surface area contributed by atoms with E-state index in [4.69, 9.17) is 5.10 Å². The monoisotopic (exact) mass is 288 g/mol. The van der Waals surface area contributed by atoms with Crippen molar-refractivity contribution in [2.75, 3.05) is 13.1 Å². The fourth-order valence-corrected chi connectivity index (χ4v) is 4.58. The molecule has 4 heteroatoms. The molecular formula is C17H28N4. The summed E-state index contributed by atoms with van der Waals surface area (Å²) in [6, 6.07) is 4.35. The highest BCUT2D eigenvalue weighted by atomic mass is 15.3. The van der Waals surface area contributed by atoms with Crippen molar-refractivity contribution in [1.29, 1.82) is 0 Å². The van der Waals surface area contributed by atoms with Gasteiger partial charge in [0.05, 0.1) is 11.7 Å². The Morgan fingerprint density at radius 1 is 1.05 bits per heavy atom. The van der Waals surface area contributed by atoms with Gasteiger partial charge < -0.3 is 5.32 Å². The van der Waals surface area contributed by atoms with Crippen molar-refractivity contribution in [2.24, 2.45) is 0 Å². The maximum atomic E-state index is 4.82. The molecule has 2 saturated heterocycles. The van der Waals surface area contributed by atoms with Crippen molar-refractivity contribution in [3.8, 4) is 0 Å². The Morgan fingerprint density at radius 3 is 2.86 bits per heavy atom. The molecule has 0 aromatic carbocycles. The third-order valence-corrected chi connectivity index (χ3v) is 5.76. The van der Waals surface area contributed by atoms with Crippen molar-refractivity contribution in [2.45, 2.75) is 76.0 Å². The molecule has 2 aliphatic heterocycles. The van der Waals surface area contributed by atoms with Crippen LogP contribution in [0.5, 0.6) is 0 Å². The van der Waals surface area contributed by atoms with Gasteiger partial charge in [-0.2, -0.15) is 5.10 Å². The maximum absolute atomic E-state index is 4.82. The van der Waals surface area contributed by atoms with Crippen molar-refractivity contribution >= 4 is 0 Å². The predicted octanol–water partition coefficient (Wildman–Crippen LogP) is 2.71. The number of hydrogen-bond donors (Lipinski definition) is 1. The average Bonchev–Trinajstić information content (AvgIpc) is 3.23. The molecule has 4 nitrogen and oxygen atoms in total. The number of rotatable bonds is 4. The number of nitrogens with one attached hydrogen (secondary N) is 1. The lowest BCUT2D eigenvalue weighted by Gasteiger charge is -2.22. The largest absolute Gasteiger partial charge is 0.307 e. The van der Waals surface area contributed by atoms with Crippen LogP contribution in [0.15, 0.2) is 12.3 Å². The number of fused-ring (bicyclic) bond motifs is 1. The van der Waals surface area contributed by atoms with E-state index in [0.29, 0.717) is 12.1 Å². The van der Waals surface area contributed by atoms with E-state index in [2.05, 4.69) is 27.2 Å². The minimum absolute atomic E-state index is 0.657. The first kappa shape index (κ1) is 13.8. The second-order valence-corrected chi connectivity index (χ2v) is 7.10. The van der Waals surface area contributed by atoms with Gasteiger partial charge in [0.2, 0.25) is 0 Å². The zero-order chi connectivity index (χ0) is 14.1. The van der Waals surface area contributed by atoms with E-state index < -0.39 is 0 Å². The Hall–Kier alpha value is -0.870. The highest BCUT2D eigenvalue weighted by Crippen LogP contribution is 2.29. The van der Waals surface area contributed by atoms with E-state index in [1.807, 2.05) is 0 Å². The first-order chi connectivity index (χ1) is 10.4. The van der Waals surface area contributed by atoms with Crippen LogP contribution >= 0.6 is 0 Å². The lowest BCUT2D eigenvalue weighted by molar-refractivity contribution is 0.297. The second-order valence-electron chi connectivity index (χ2n) is 7.10. The van der Waals surface area contributed by atoms with Crippen molar-refractivity contribution in [1.82, 2.24) is 20.0 Å². The van der Waals surface area contributed by atoms with E-state index in [-0.39, 0.29) is 0 Å². The molecule has 0 radical (unpaired) electrons. The predicted molar refractivity (Wildman–Crippen MR) is 84.2 cm³/mol. The molecule has 1 N–H and O–H groups in total. The standard InChI is InChI=1S/C17H28N4/c1-2-5-15(6-3-1)21-12-8-14(19-21)13-18-16-9-11-20-10-4-7-17(16)20/h8,12,15-18H,1-7,9-11,13H2. The summed E-state index contributed by atoms with van der Waals surface area (Å²) >= 11 is 0. The lowest BCUT2D eigenvalue weighted by Crippen LogP contribution is -2.38. The van der Waals surface area contributed by atoms with Gasteiger partial charge in [0.25, 0.3) is 0 Å². The van der Waals surface area contributed by atoms with Crippen molar-refractivity contribution in [3.63, 3.8) is 0 Å². The van der Waals surface area contributed by atoms with Gasteiger partial charge in [-0.1, -0.05) is 19.3 Å². The molecule has 1 saturated carbocycles. The number of hydrogen-bond acceptors (Lipinski definition) is 3. The van der Waals surface area contributed by atoms with E-state index in [1.165, 1.54) is 70.2 Å². The molecule has 3 aliphatic rings. The van der Waals surface area contributed by atoms with Crippen LogP contribution in [-0.4, -0.2) is 39.9 Å². The number of aromatic nitrogens is 2. The summed E-state index contributed by atoms with van der Waals surface area (Å²) < 4.78 is 2.23. The average molecular weight is 288 g/mol. The van der Waals surface area contributed by atoms with E-state index in [1.54, 1.807) is 0 Å². The molecule has 116 valence electrons. The summed E-state index contributed by atoms with van der Waals surface area (Å²) in [6.07, 6.45) is 13.1. The molecule has 3 fully saturated rings. The quantitative estimate of drug-likeness (QED) is 0.925. The first-order valence-corrected chi connectivity index (χ1v) is 8.91. The Bertz CT molecular complexity index is 463. The molecular weight excluding hydrogens is 260 g/mol. The zero-order valence-electron chi connectivity index (χ0n) is 13.0. The molecule has 3 heterocycles. The zero-order valence-corrected chi connectivity index (χ0v) is 13.0. The summed E-state index contributed by atoms with van der Waals surface area (Å²) in [5, 5.41) is 8.59. The van der Waals surface area contributed by atoms with Crippen molar-refractivity contribution in [3.05, 3.63) is 18.0 Å². The molecule has 0 spiro atoms. The smallest absolute Gasteiger partial charge is 0.0762 e. The van der Waals surface area contributed by atoms with Crippen molar-refractivity contribution < 1.29 is 0 Å². The summed E-state index contributed by atoms with van der Waals surface area (Å²) in [6.45, 7) is 3.55. The normalized spacial score (nSPS) is 30.9. The Balaban J connectivity index is 1.32. The molecule has 21 heavy (non-hydrogen) atoms. The summed E-state index contributed by atoms with van der Waals surface area (Å²) in [4.78, 5) is 2.66. The van der Waals surface area contributed by atoms with Crippen LogP contribution in [0.4, 0.5) is 0 Å². The minimum Gasteiger partial charge on any atom is -0.307 e. The van der Waals surface area contributed by atoms with Crippen LogP contribution in [-0.2, 0) is 6.54 Å². The highest BCUT2D eigenvalue weighted by Gasteiger charge is 2.36. The van der Waals surface area contributed by atoms with Crippen LogP contribution < -0.4 is 5.32 Å². The van der Waals surface area contributed by atoms with Gasteiger partial charge in [0.15, 0.2) is 0 Å². The Morgan fingerprint density at radius 2 is 1.95 bits per heavy atom. The molecule has 1 aliphatic carbocycles. The van der Waals surface area contributed by atoms with Gasteiger partial charge in [-0.15, -0.1) is 0 Å². The van der Waals surface area contributed by atoms with Gasteiger partial charge >= 0.3 is 0 Å². The second kappa shape index (κ2) is 6.09. The highest BCUT2D eigenvalue weighted by molar-refractivity contribution is 5.02. The third kappa shape index (κ3) is 2.88. The van der Waals surface area contributed by atoms with Crippen LogP contribution in [0.2, 0.25) is 0 Å². The summed E-state index contributed by atoms with van der Waals surface area (Å²) in [5.74, 6) is 0. The summed E-state index contributed by atoms with van der Waals surface area (Å²) in [7, 11) is 0. The fraction of sp³-hybridized carbons (Fsp3) is 0.824. The van der Waals surface area contributed by atoms with E-state index in [0.717, 1.165) is 12.6 Å². The van der Waals surface area contributed by atoms with Gasteiger partial charge in [0, 0.05) is 31.4 Å². The van der Waals surface area contributed by atoms with Gasteiger partial charge in [0.1, 0.15) is 0 Å². The SMILES string of the molecule is c1cn(C2CCCCC2)nc1CNC1CCN2CCCC12. The Kier molecular flexibility index (Phi) is 3.99. The molecule has 0 bridgehead atoms. The maximum Gasteiger partial charge on any atom is 0.0762 e.